The van der Waals surface area contributed by atoms with E-state index in [1.54, 1.807) is 24.3 Å². The molecule has 3 rings (SSSR count). The molecule has 0 radical (unpaired) electrons. The highest BCUT2D eigenvalue weighted by atomic mass is 32.2. The van der Waals surface area contributed by atoms with E-state index < -0.39 is 10.0 Å². The van der Waals surface area contributed by atoms with E-state index in [0.29, 0.717) is 30.3 Å². The van der Waals surface area contributed by atoms with Gasteiger partial charge in [-0.05, 0) is 37.1 Å². The van der Waals surface area contributed by atoms with Gasteiger partial charge in [0.25, 0.3) is 5.91 Å². The van der Waals surface area contributed by atoms with Crippen molar-refractivity contribution in [1.29, 1.82) is 0 Å². The normalized spacial score (nSPS) is 20.9. The first-order valence-electron chi connectivity index (χ1n) is 9.37. The number of rotatable bonds is 6. The molecule has 1 atom stereocenters. The van der Waals surface area contributed by atoms with Gasteiger partial charge < -0.3 is 10.2 Å². The SMILES string of the molecule is CN(c1ccc(C(=O)NCC2CC(=O)N(C3CCCC3)C2)cc1)S(C)(=O)=O. The monoisotopic (exact) mass is 393 g/mol. The van der Waals surface area contributed by atoms with Gasteiger partial charge in [-0.15, -0.1) is 0 Å². The van der Waals surface area contributed by atoms with Gasteiger partial charge >= 0.3 is 0 Å². The molecule has 8 heteroatoms. The molecule has 1 aliphatic heterocycles. The molecule has 0 bridgehead atoms. The zero-order valence-corrected chi connectivity index (χ0v) is 16.7. The molecule has 2 aliphatic rings. The number of sulfonamides is 1. The van der Waals surface area contributed by atoms with Crippen molar-refractivity contribution in [2.24, 2.45) is 5.92 Å². The summed E-state index contributed by atoms with van der Waals surface area (Å²) in [5.41, 5.74) is 0.972. The molecule has 2 amide bonds. The number of carbonyl (C=O) groups is 2. The van der Waals surface area contributed by atoms with Gasteiger partial charge in [0.2, 0.25) is 15.9 Å². The molecular weight excluding hydrogens is 366 g/mol. The highest BCUT2D eigenvalue weighted by molar-refractivity contribution is 7.92. The topological polar surface area (TPSA) is 86.8 Å². The van der Waals surface area contributed by atoms with E-state index in [1.165, 1.54) is 19.9 Å². The van der Waals surface area contributed by atoms with Crippen molar-refractivity contribution in [3.63, 3.8) is 0 Å². The van der Waals surface area contributed by atoms with Gasteiger partial charge in [0.1, 0.15) is 0 Å². The van der Waals surface area contributed by atoms with Crippen LogP contribution in [0.3, 0.4) is 0 Å². The van der Waals surface area contributed by atoms with E-state index in [-0.39, 0.29) is 17.7 Å². The number of hydrogen-bond acceptors (Lipinski definition) is 4. The summed E-state index contributed by atoms with van der Waals surface area (Å²) >= 11 is 0. The number of likely N-dealkylation sites (tertiary alicyclic amines) is 1. The highest BCUT2D eigenvalue weighted by Gasteiger charge is 2.35. The average molecular weight is 394 g/mol. The zero-order chi connectivity index (χ0) is 19.6. The molecule has 7 nitrogen and oxygen atoms in total. The first kappa shape index (κ1) is 19.7. The second-order valence-electron chi connectivity index (χ2n) is 7.54. The fourth-order valence-electron chi connectivity index (χ4n) is 3.87. The minimum atomic E-state index is -3.33. The Morgan fingerprint density at radius 2 is 1.85 bits per heavy atom. The van der Waals surface area contributed by atoms with E-state index in [9.17, 15) is 18.0 Å². The van der Waals surface area contributed by atoms with Crippen LogP contribution < -0.4 is 9.62 Å². The third-order valence-corrected chi connectivity index (χ3v) is 6.75. The Balaban J connectivity index is 1.53. The predicted molar refractivity (Wildman–Crippen MR) is 104 cm³/mol. The quantitative estimate of drug-likeness (QED) is 0.795. The van der Waals surface area contributed by atoms with E-state index in [2.05, 4.69) is 5.32 Å². The molecule has 1 saturated carbocycles. The number of anilines is 1. The molecule has 0 aromatic heterocycles. The third-order valence-electron chi connectivity index (χ3n) is 5.55. The first-order valence-corrected chi connectivity index (χ1v) is 11.2. The molecule has 1 N–H and O–H groups in total. The fraction of sp³-hybridized carbons (Fsp3) is 0.579. The predicted octanol–water partition coefficient (Wildman–Crippen LogP) is 1.60. The van der Waals surface area contributed by atoms with Crippen LogP contribution in [0, 0.1) is 5.92 Å². The number of nitrogens with one attached hydrogen (secondary N) is 1. The molecule has 1 saturated heterocycles. The van der Waals surface area contributed by atoms with Crippen LogP contribution in [-0.4, -0.2) is 57.6 Å². The lowest BCUT2D eigenvalue weighted by Gasteiger charge is -2.24. The summed E-state index contributed by atoms with van der Waals surface area (Å²) < 4.78 is 24.3. The molecule has 1 heterocycles. The Morgan fingerprint density at radius 1 is 1.22 bits per heavy atom. The zero-order valence-electron chi connectivity index (χ0n) is 15.8. The van der Waals surface area contributed by atoms with Crippen LogP contribution in [-0.2, 0) is 14.8 Å². The summed E-state index contributed by atoms with van der Waals surface area (Å²) in [6.07, 6.45) is 6.21. The van der Waals surface area contributed by atoms with Crippen LogP contribution in [0.2, 0.25) is 0 Å². The number of benzene rings is 1. The average Bonchev–Trinajstić information content (AvgIpc) is 3.27. The molecule has 1 aromatic carbocycles. The lowest BCUT2D eigenvalue weighted by Crippen LogP contribution is -2.36. The van der Waals surface area contributed by atoms with Gasteiger partial charge in [-0.25, -0.2) is 8.42 Å². The Labute approximate surface area is 160 Å². The van der Waals surface area contributed by atoms with Crippen LogP contribution in [0.15, 0.2) is 24.3 Å². The first-order chi connectivity index (χ1) is 12.8. The Morgan fingerprint density at radius 3 is 2.44 bits per heavy atom. The van der Waals surface area contributed by atoms with Crippen molar-refractivity contribution in [2.75, 3.05) is 30.7 Å². The standard InChI is InChI=1S/C19H27N3O4S/c1-21(27(2,25)26)16-9-7-15(8-10-16)19(24)20-12-14-11-18(23)22(13-14)17-5-3-4-6-17/h7-10,14,17H,3-6,11-13H2,1-2H3,(H,20,24). The number of amides is 2. The van der Waals surface area contributed by atoms with Crippen molar-refractivity contribution in [3.05, 3.63) is 29.8 Å². The molecule has 27 heavy (non-hydrogen) atoms. The van der Waals surface area contributed by atoms with Crippen LogP contribution in [0.1, 0.15) is 42.5 Å². The third kappa shape index (κ3) is 4.61. The van der Waals surface area contributed by atoms with Crippen molar-refractivity contribution in [1.82, 2.24) is 10.2 Å². The van der Waals surface area contributed by atoms with Gasteiger partial charge in [-0.1, -0.05) is 12.8 Å². The lowest BCUT2D eigenvalue weighted by atomic mass is 10.1. The summed E-state index contributed by atoms with van der Waals surface area (Å²) in [6.45, 7) is 1.20. The summed E-state index contributed by atoms with van der Waals surface area (Å²) in [5, 5.41) is 2.90. The molecular formula is C19H27N3O4S. The van der Waals surface area contributed by atoms with Gasteiger partial charge in [0.15, 0.2) is 0 Å². The fourth-order valence-corrected chi connectivity index (χ4v) is 4.37. The second kappa shape index (κ2) is 7.88. The van der Waals surface area contributed by atoms with Crippen molar-refractivity contribution < 1.29 is 18.0 Å². The Kier molecular flexibility index (Phi) is 5.74. The van der Waals surface area contributed by atoms with Crippen LogP contribution in [0.4, 0.5) is 5.69 Å². The summed E-state index contributed by atoms with van der Waals surface area (Å²) in [5.74, 6) is 0.141. The summed E-state index contributed by atoms with van der Waals surface area (Å²) in [7, 11) is -1.86. The molecule has 1 aromatic rings. The van der Waals surface area contributed by atoms with Crippen LogP contribution in [0.5, 0.6) is 0 Å². The van der Waals surface area contributed by atoms with Gasteiger partial charge in [-0.2, -0.15) is 0 Å². The van der Waals surface area contributed by atoms with Crippen LogP contribution >= 0.6 is 0 Å². The molecule has 1 aliphatic carbocycles. The van der Waals surface area contributed by atoms with E-state index in [4.69, 9.17) is 0 Å². The second-order valence-corrected chi connectivity index (χ2v) is 9.56. The maximum atomic E-state index is 12.4. The van der Waals surface area contributed by atoms with Gasteiger partial charge in [0, 0.05) is 44.1 Å². The molecule has 148 valence electrons. The van der Waals surface area contributed by atoms with Crippen molar-refractivity contribution in [2.45, 2.75) is 38.1 Å². The number of hydrogen-bond donors (Lipinski definition) is 1. The molecule has 2 fully saturated rings. The maximum absolute atomic E-state index is 12.4. The minimum absolute atomic E-state index is 0.151. The number of nitrogens with zero attached hydrogens (tertiary/aromatic N) is 2. The van der Waals surface area contributed by atoms with Crippen molar-refractivity contribution in [3.8, 4) is 0 Å². The van der Waals surface area contributed by atoms with E-state index in [0.717, 1.165) is 29.9 Å². The molecule has 0 spiro atoms. The molecule has 1 unspecified atom stereocenters. The van der Waals surface area contributed by atoms with E-state index >= 15 is 0 Å². The number of carbonyl (C=O) groups excluding carboxylic acids is 2. The highest BCUT2D eigenvalue weighted by Crippen LogP contribution is 2.29. The Hall–Kier alpha value is -2.09. The van der Waals surface area contributed by atoms with Crippen LogP contribution in [0.25, 0.3) is 0 Å². The lowest BCUT2D eigenvalue weighted by molar-refractivity contribution is -0.129. The Bertz CT molecular complexity index is 801. The summed E-state index contributed by atoms with van der Waals surface area (Å²) in [4.78, 5) is 26.6. The summed E-state index contributed by atoms with van der Waals surface area (Å²) in [6, 6.07) is 6.82. The van der Waals surface area contributed by atoms with Gasteiger partial charge in [0.05, 0.1) is 11.9 Å². The maximum Gasteiger partial charge on any atom is 0.251 e. The van der Waals surface area contributed by atoms with Gasteiger partial charge in [-0.3, -0.25) is 13.9 Å². The smallest absolute Gasteiger partial charge is 0.251 e. The van der Waals surface area contributed by atoms with Crippen molar-refractivity contribution >= 4 is 27.5 Å². The minimum Gasteiger partial charge on any atom is -0.352 e. The van der Waals surface area contributed by atoms with E-state index in [1.807, 2.05) is 4.90 Å². The largest absolute Gasteiger partial charge is 0.352 e.